The number of unbranched alkanes of at least 4 members (excludes halogenated alkanes) is 1. The maximum Gasteiger partial charge on any atom is 0.524 e. The van der Waals surface area contributed by atoms with E-state index in [4.69, 9.17) is 25.7 Å². The van der Waals surface area contributed by atoms with Gasteiger partial charge >= 0.3 is 7.82 Å². The summed E-state index contributed by atoms with van der Waals surface area (Å²) in [6.45, 7) is 0.676. The van der Waals surface area contributed by atoms with Crippen molar-refractivity contribution in [3.8, 4) is 5.75 Å². The molecule has 0 spiro atoms. The first-order chi connectivity index (χ1) is 20.9. The number of benzene rings is 2. The molecule has 3 aromatic rings. The normalized spacial score (nSPS) is 16.3. The Morgan fingerprint density at radius 3 is 2.48 bits per heavy atom. The van der Waals surface area contributed by atoms with Crippen LogP contribution < -0.4 is 26.6 Å². The smallest absolute Gasteiger partial charge is 0.451 e. The van der Waals surface area contributed by atoms with Gasteiger partial charge in [-0.25, -0.2) is 4.57 Å². The Labute approximate surface area is 253 Å². The molecule has 0 saturated carbocycles. The SMILES string of the molecule is NCCCC[C@H](NC(=O)c1cc2cc(OP(=O)(O)O)ccc2o1)C(=O)N1CCC[C@H]1C(=O)N[C@@H](Cc1ccccc1)C(N)=O. The van der Waals surface area contributed by atoms with E-state index in [1.165, 1.54) is 29.2 Å². The van der Waals surface area contributed by atoms with E-state index in [0.717, 1.165) is 5.56 Å². The Morgan fingerprint density at radius 2 is 1.80 bits per heavy atom. The van der Waals surface area contributed by atoms with E-state index >= 15 is 0 Å². The zero-order chi connectivity index (χ0) is 31.9. The zero-order valence-electron chi connectivity index (χ0n) is 23.9. The van der Waals surface area contributed by atoms with Crippen LogP contribution in [-0.4, -0.2) is 69.5 Å². The molecule has 8 N–H and O–H groups in total. The number of rotatable bonds is 14. The summed E-state index contributed by atoms with van der Waals surface area (Å²) in [5.74, 6) is -2.61. The fraction of sp³-hybridized carbons (Fsp3) is 0.379. The monoisotopic (exact) mass is 629 g/mol. The topological polar surface area (TPSA) is 228 Å². The molecule has 3 atom stereocenters. The van der Waals surface area contributed by atoms with Crippen molar-refractivity contribution >= 4 is 42.4 Å². The quantitative estimate of drug-likeness (QED) is 0.111. The number of carbonyl (C=O) groups excluding carboxylic acids is 4. The summed E-state index contributed by atoms with van der Waals surface area (Å²) in [5, 5.41) is 5.76. The van der Waals surface area contributed by atoms with E-state index in [1.54, 1.807) is 0 Å². The average molecular weight is 630 g/mol. The molecule has 0 radical (unpaired) electrons. The molecule has 1 aliphatic rings. The molecule has 15 heteroatoms. The highest BCUT2D eigenvalue weighted by molar-refractivity contribution is 7.46. The molecule has 0 unspecified atom stereocenters. The van der Waals surface area contributed by atoms with Crippen molar-refractivity contribution in [2.24, 2.45) is 11.5 Å². The number of phosphoric ester groups is 1. The molecular weight excluding hydrogens is 593 g/mol. The van der Waals surface area contributed by atoms with E-state index in [1.807, 2.05) is 30.3 Å². The van der Waals surface area contributed by atoms with E-state index in [2.05, 4.69) is 15.2 Å². The first-order valence-electron chi connectivity index (χ1n) is 14.2. The number of nitrogens with zero attached hydrogens (tertiary/aromatic N) is 1. The second-order valence-electron chi connectivity index (χ2n) is 10.5. The van der Waals surface area contributed by atoms with E-state index < -0.39 is 49.6 Å². The standard InChI is InChI=1S/C29H36N5O9P/c30-13-5-4-9-21(32-28(37)25-17-19-16-20(43-44(39,40)41)11-12-24(19)42-25)29(38)34-14-6-10-23(34)27(36)33-22(26(31)35)15-18-7-2-1-3-8-18/h1-3,7-8,11-12,16-17,21-23H,4-6,9-10,13-15,30H2,(H2,31,35)(H,32,37)(H,33,36)(H2,39,40,41)/t21-,22-,23-/m0/s1. The van der Waals surface area contributed by atoms with Gasteiger partial charge in [-0.15, -0.1) is 0 Å². The molecule has 2 heterocycles. The number of hydrogen-bond donors (Lipinski definition) is 6. The van der Waals surface area contributed by atoms with Crippen LogP contribution in [0.15, 0.2) is 59.0 Å². The van der Waals surface area contributed by atoms with Crippen LogP contribution in [0.2, 0.25) is 0 Å². The number of likely N-dealkylation sites (tertiary alicyclic amines) is 1. The average Bonchev–Trinajstić information content (AvgIpc) is 3.63. The molecule has 44 heavy (non-hydrogen) atoms. The molecule has 4 amide bonds. The number of phosphoric acid groups is 1. The summed E-state index contributed by atoms with van der Waals surface area (Å²) in [6.07, 6.45) is 2.52. The minimum Gasteiger partial charge on any atom is -0.451 e. The fourth-order valence-electron chi connectivity index (χ4n) is 5.15. The molecule has 1 aliphatic heterocycles. The summed E-state index contributed by atoms with van der Waals surface area (Å²) in [5.41, 5.74) is 12.3. The molecule has 236 valence electrons. The number of amides is 4. The minimum absolute atomic E-state index is 0.117. The third-order valence-electron chi connectivity index (χ3n) is 7.27. The van der Waals surface area contributed by atoms with Gasteiger partial charge in [-0.1, -0.05) is 30.3 Å². The fourth-order valence-corrected chi connectivity index (χ4v) is 5.54. The van der Waals surface area contributed by atoms with Gasteiger partial charge in [0.1, 0.15) is 29.5 Å². The molecule has 2 aromatic carbocycles. The lowest BCUT2D eigenvalue weighted by atomic mass is 10.0. The van der Waals surface area contributed by atoms with E-state index in [9.17, 15) is 23.7 Å². The maximum absolute atomic E-state index is 13.8. The van der Waals surface area contributed by atoms with Crippen molar-refractivity contribution in [3.63, 3.8) is 0 Å². The van der Waals surface area contributed by atoms with Crippen LogP contribution in [0.5, 0.6) is 5.75 Å². The zero-order valence-corrected chi connectivity index (χ0v) is 24.8. The Hall–Kier alpha value is -4.23. The van der Waals surface area contributed by atoms with Gasteiger partial charge in [0.25, 0.3) is 5.91 Å². The summed E-state index contributed by atoms with van der Waals surface area (Å²) in [6, 6.07) is 11.6. The molecule has 1 fully saturated rings. The van der Waals surface area contributed by atoms with Gasteiger partial charge in [0.2, 0.25) is 17.7 Å². The Morgan fingerprint density at radius 1 is 1.05 bits per heavy atom. The van der Waals surface area contributed by atoms with Gasteiger partial charge in [0.15, 0.2) is 5.76 Å². The number of primary amides is 1. The first kappa shape index (κ1) is 32.7. The van der Waals surface area contributed by atoms with Crippen molar-refractivity contribution in [3.05, 3.63) is 65.9 Å². The number of hydrogen-bond acceptors (Lipinski definition) is 8. The predicted octanol–water partition coefficient (Wildman–Crippen LogP) is 1.34. The van der Waals surface area contributed by atoms with Crippen molar-refractivity contribution in [2.75, 3.05) is 13.1 Å². The maximum atomic E-state index is 13.8. The lowest BCUT2D eigenvalue weighted by Gasteiger charge is -2.29. The van der Waals surface area contributed by atoms with Crippen LogP contribution in [0.4, 0.5) is 0 Å². The van der Waals surface area contributed by atoms with Gasteiger partial charge < -0.3 is 35.9 Å². The van der Waals surface area contributed by atoms with Crippen LogP contribution in [0, 0.1) is 0 Å². The summed E-state index contributed by atoms with van der Waals surface area (Å²) >= 11 is 0. The van der Waals surface area contributed by atoms with E-state index in [-0.39, 0.29) is 36.5 Å². The number of nitrogens with one attached hydrogen (secondary N) is 2. The largest absolute Gasteiger partial charge is 0.524 e. The van der Waals surface area contributed by atoms with Gasteiger partial charge in [0, 0.05) is 18.4 Å². The van der Waals surface area contributed by atoms with Gasteiger partial charge in [0.05, 0.1) is 0 Å². The van der Waals surface area contributed by atoms with Gasteiger partial charge in [-0.3, -0.25) is 29.0 Å². The van der Waals surface area contributed by atoms with Crippen LogP contribution in [-0.2, 0) is 25.4 Å². The van der Waals surface area contributed by atoms with Crippen LogP contribution >= 0.6 is 7.82 Å². The lowest BCUT2D eigenvalue weighted by Crippen LogP contribution is -2.56. The molecule has 0 bridgehead atoms. The second kappa shape index (κ2) is 14.5. The Kier molecular flexibility index (Phi) is 10.8. The molecule has 0 aliphatic carbocycles. The number of furan rings is 1. The lowest BCUT2D eigenvalue weighted by molar-refractivity contribution is -0.140. The molecule has 4 rings (SSSR count). The van der Waals surface area contributed by atoms with Crippen LogP contribution in [0.25, 0.3) is 11.0 Å². The van der Waals surface area contributed by atoms with Crippen molar-refractivity contribution in [1.82, 2.24) is 15.5 Å². The molecular formula is C29H36N5O9P. The third-order valence-corrected chi connectivity index (χ3v) is 7.72. The second-order valence-corrected chi connectivity index (χ2v) is 11.7. The summed E-state index contributed by atoms with van der Waals surface area (Å²) in [4.78, 5) is 72.0. The highest BCUT2D eigenvalue weighted by Gasteiger charge is 2.39. The molecule has 1 aromatic heterocycles. The van der Waals surface area contributed by atoms with Gasteiger partial charge in [-0.05, 0) is 68.5 Å². The number of nitrogens with two attached hydrogens (primary N) is 2. The van der Waals surface area contributed by atoms with Crippen LogP contribution in [0.3, 0.4) is 0 Å². The van der Waals surface area contributed by atoms with Crippen molar-refractivity contribution < 1.29 is 42.5 Å². The summed E-state index contributed by atoms with van der Waals surface area (Å²) < 4.78 is 21.4. The highest BCUT2D eigenvalue weighted by Crippen LogP contribution is 2.38. The molecule has 1 saturated heterocycles. The molecule has 14 nitrogen and oxygen atoms in total. The Bertz CT molecular complexity index is 1540. The number of fused-ring (bicyclic) bond motifs is 1. The van der Waals surface area contributed by atoms with Gasteiger partial charge in [-0.2, -0.15) is 0 Å². The Balaban J connectivity index is 1.48. The first-order valence-corrected chi connectivity index (χ1v) is 15.7. The van der Waals surface area contributed by atoms with Crippen molar-refractivity contribution in [2.45, 2.75) is 56.7 Å². The predicted molar refractivity (Wildman–Crippen MR) is 159 cm³/mol. The summed E-state index contributed by atoms with van der Waals surface area (Å²) in [7, 11) is -4.79. The number of carbonyl (C=O) groups is 4. The minimum atomic E-state index is -4.79. The highest BCUT2D eigenvalue weighted by atomic mass is 31.2. The van der Waals surface area contributed by atoms with Crippen LogP contribution in [0.1, 0.15) is 48.2 Å². The van der Waals surface area contributed by atoms with Crippen molar-refractivity contribution in [1.29, 1.82) is 0 Å². The van der Waals surface area contributed by atoms with E-state index in [0.29, 0.717) is 37.6 Å². The third kappa shape index (κ3) is 8.66.